The van der Waals surface area contributed by atoms with Gasteiger partial charge in [-0.3, -0.25) is 4.79 Å². The number of pyridine rings is 1. The van der Waals surface area contributed by atoms with Crippen LogP contribution in [0.3, 0.4) is 0 Å². The lowest BCUT2D eigenvalue weighted by atomic mass is 10.1. The number of halogens is 1. The van der Waals surface area contributed by atoms with E-state index in [1.807, 2.05) is 17.5 Å². The standard InChI is InChI=1S/C22H22FN3O3S3/c23-17-7-5-16(6-8-17)22(19-4-3-13-30-19)25-20(27)15-31-21-10-9-18(14-24-21)32(28,29)26-11-1-2-12-26/h3-10,13-14,22H,1-2,11-12,15H2,(H,25,27)/t22-/m0/s1. The number of thioether (sulfide) groups is 1. The van der Waals surface area contributed by atoms with E-state index >= 15 is 0 Å². The molecular formula is C22H22FN3O3S3. The van der Waals surface area contributed by atoms with Crippen molar-refractivity contribution in [1.29, 1.82) is 0 Å². The average Bonchev–Trinajstić information content (AvgIpc) is 3.52. The molecule has 1 aromatic carbocycles. The first-order valence-corrected chi connectivity index (χ1v) is 13.4. The van der Waals surface area contributed by atoms with E-state index in [9.17, 15) is 17.6 Å². The maximum absolute atomic E-state index is 13.3. The van der Waals surface area contributed by atoms with Crippen LogP contribution in [0.1, 0.15) is 29.3 Å². The summed E-state index contributed by atoms with van der Waals surface area (Å²) in [7, 11) is -3.50. The van der Waals surface area contributed by atoms with Crippen molar-refractivity contribution in [3.05, 3.63) is 76.4 Å². The molecule has 0 unspecified atom stereocenters. The molecule has 0 bridgehead atoms. The second-order valence-corrected chi connectivity index (χ2v) is 11.2. The van der Waals surface area contributed by atoms with Crippen molar-refractivity contribution in [2.24, 2.45) is 0 Å². The van der Waals surface area contributed by atoms with Gasteiger partial charge in [0.2, 0.25) is 15.9 Å². The summed E-state index contributed by atoms with van der Waals surface area (Å²) in [5.74, 6) is -0.413. The van der Waals surface area contributed by atoms with Crippen LogP contribution in [0.15, 0.2) is 70.0 Å². The first kappa shape index (κ1) is 22.9. The Bertz CT molecular complexity index is 1150. The Kier molecular flexibility index (Phi) is 7.24. The average molecular weight is 492 g/mol. The molecule has 3 aromatic rings. The van der Waals surface area contributed by atoms with Crippen LogP contribution in [0.25, 0.3) is 0 Å². The monoisotopic (exact) mass is 491 g/mol. The number of benzene rings is 1. The third-order valence-electron chi connectivity index (χ3n) is 5.10. The summed E-state index contributed by atoms with van der Waals surface area (Å²) in [6.07, 6.45) is 3.10. The SMILES string of the molecule is O=C(CSc1ccc(S(=O)(=O)N2CCCC2)cn1)N[C@@H](c1ccc(F)cc1)c1cccs1. The number of carbonyl (C=O) groups is 1. The van der Waals surface area contributed by atoms with E-state index in [4.69, 9.17) is 0 Å². The smallest absolute Gasteiger partial charge is 0.244 e. The summed E-state index contributed by atoms with van der Waals surface area (Å²) in [4.78, 5) is 18.0. The number of carbonyl (C=O) groups excluding carboxylic acids is 1. The molecule has 1 amide bonds. The summed E-state index contributed by atoms with van der Waals surface area (Å²) in [6.45, 7) is 1.08. The number of hydrogen-bond acceptors (Lipinski definition) is 6. The van der Waals surface area contributed by atoms with E-state index in [0.29, 0.717) is 18.1 Å². The number of nitrogens with one attached hydrogen (secondary N) is 1. The number of amides is 1. The van der Waals surface area contributed by atoms with Crippen LogP contribution in [0, 0.1) is 5.82 Å². The van der Waals surface area contributed by atoms with E-state index < -0.39 is 10.0 Å². The number of nitrogens with zero attached hydrogens (tertiary/aromatic N) is 2. The maximum atomic E-state index is 13.3. The van der Waals surface area contributed by atoms with Gasteiger partial charge >= 0.3 is 0 Å². The molecule has 2 aromatic heterocycles. The van der Waals surface area contributed by atoms with Crippen LogP contribution in [0.2, 0.25) is 0 Å². The molecule has 10 heteroatoms. The molecule has 0 spiro atoms. The fraction of sp³-hybridized carbons (Fsp3) is 0.273. The fourth-order valence-corrected chi connectivity index (χ4v) is 6.37. The Hall–Kier alpha value is -2.27. The van der Waals surface area contributed by atoms with Crippen molar-refractivity contribution < 1.29 is 17.6 Å². The van der Waals surface area contributed by atoms with Crippen molar-refractivity contribution in [3.63, 3.8) is 0 Å². The molecule has 32 heavy (non-hydrogen) atoms. The molecule has 0 aliphatic carbocycles. The van der Waals surface area contributed by atoms with Gasteiger partial charge in [0.1, 0.15) is 10.7 Å². The molecule has 4 rings (SSSR count). The summed E-state index contributed by atoms with van der Waals surface area (Å²) < 4.78 is 40.0. The van der Waals surface area contributed by atoms with Crippen molar-refractivity contribution in [2.75, 3.05) is 18.8 Å². The van der Waals surface area contributed by atoms with Gasteiger partial charge in [0, 0.05) is 24.2 Å². The molecule has 0 saturated carbocycles. The largest absolute Gasteiger partial charge is 0.344 e. The van der Waals surface area contributed by atoms with E-state index in [0.717, 1.165) is 23.3 Å². The van der Waals surface area contributed by atoms with Crippen LogP contribution >= 0.6 is 23.1 Å². The fourth-order valence-electron chi connectivity index (χ4n) is 3.45. The predicted molar refractivity (Wildman–Crippen MR) is 124 cm³/mol. The van der Waals surface area contributed by atoms with E-state index in [-0.39, 0.29) is 28.4 Å². The lowest BCUT2D eigenvalue weighted by Gasteiger charge is -2.18. The first-order chi connectivity index (χ1) is 15.4. The van der Waals surface area contributed by atoms with Crippen molar-refractivity contribution in [3.8, 4) is 0 Å². The quantitative estimate of drug-likeness (QED) is 0.481. The number of sulfonamides is 1. The van der Waals surface area contributed by atoms with Crippen LogP contribution in [-0.4, -0.2) is 42.5 Å². The lowest BCUT2D eigenvalue weighted by molar-refractivity contribution is -0.119. The summed E-state index contributed by atoms with van der Waals surface area (Å²) in [5, 5.41) is 5.49. The molecule has 0 radical (unpaired) electrons. The zero-order valence-electron chi connectivity index (χ0n) is 17.1. The molecule has 6 nitrogen and oxygen atoms in total. The molecular weight excluding hydrogens is 469 g/mol. The number of aromatic nitrogens is 1. The summed E-state index contributed by atoms with van der Waals surface area (Å²) in [6, 6.07) is 12.7. The van der Waals surface area contributed by atoms with E-state index in [1.165, 1.54) is 51.8 Å². The predicted octanol–water partition coefficient (Wildman–Crippen LogP) is 4.06. The lowest BCUT2D eigenvalue weighted by Crippen LogP contribution is -2.30. The number of rotatable bonds is 8. The van der Waals surface area contributed by atoms with E-state index in [1.54, 1.807) is 18.2 Å². The Morgan fingerprint density at radius 1 is 1.16 bits per heavy atom. The molecule has 1 N–H and O–H groups in total. The molecule has 1 aliphatic heterocycles. The summed E-state index contributed by atoms with van der Waals surface area (Å²) >= 11 is 2.74. The van der Waals surface area contributed by atoms with Gasteiger partial charge in [-0.1, -0.05) is 30.0 Å². The molecule has 3 heterocycles. The molecule has 1 atom stereocenters. The van der Waals surface area contributed by atoms with Gasteiger partial charge in [-0.05, 0) is 54.1 Å². The van der Waals surface area contributed by atoms with Crippen molar-refractivity contribution in [2.45, 2.75) is 28.8 Å². The van der Waals surface area contributed by atoms with Crippen molar-refractivity contribution >= 4 is 39.0 Å². The number of thiophene rings is 1. The minimum absolute atomic E-state index is 0.119. The maximum Gasteiger partial charge on any atom is 0.244 e. The normalized spacial score (nSPS) is 15.5. The molecule has 1 saturated heterocycles. The Labute approximate surface area is 194 Å². The molecule has 1 fully saturated rings. The van der Waals surface area contributed by atoms with Gasteiger partial charge in [0.25, 0.3) is 0 Å². The Balaban J connectivity index is 1.39. The second kappa shape index (κ2) is 10.1. The Morgan fingerprint density at radius 3 is 2.53 bits per heavy atom. The molecule has 168 valence electrons. The first-order valence-electron chi connectivity index (χ1n) is 10.1. The minimum atomic E-state index is -3.50. The van der Waals surface area contributed by atoms with Gasteiger partial charge < -0.3 is 5.32 Å². The van der Waals surface area contributed by atoms with Crippen LogP contribution in [0.5, 0.6) is 0 Å². The van der Waals surface area contributed by atoms with Gasteiger partial charge in [-0.2, -0.15) is 4.31 Å². The highest BCUT2D eigenvalue weighted by molar-refractivity contribution is 7.99. The highest BCUT2D eigenvalue weighted by atomic mass is 32.2. The van der Waals surface area contributed by atoms with E-state index in [2.05, 4.69) is 10.3 Å². The van der Waals surface area contributed by atoms with Gasteiger partial charge in [0.15, 0.2) is 0 Å². The van der Waals surface area contributed by atoms with Gasteiger partial charge in [0.05, 0.1) is 16.8 Å². The highest BCUT2D eigenvalue weighted by Crippen LogP contribution is 2.27. The van der Waals surface area contributed by atoms with Crippen molar-refractivity contribution in [1.82, 2.24) is 14.6 Å². The van der Waals surface area contributed by atoms with Crippen LogP contribution in [-0.2, 0) is 14.8 Å². The van der Waals surface area contributed by atoms with Gasteiger partial charge in [-0.15, -0.1) is 11.3 Å². The zero-order valence-corrected chi connectivity index (χ0v) is 19.6. The zero-order chi connectivity index (χ0) is 22.6. The Morgan fingerprint density at radius 2 is 1.91 bits per heavy atom. The van der Waals surface area contributed by atoms with Gasteiger partial charge in [-0.25, -0.2) is 17.8 Å². The van der Waals surface area contributed by atoms with Crippen LogP contribution < -0.4 is 5.32 Å². The highest BCUT2D eigenvalue weighted by Gasteiger charge is 2.27. The minimum Gasteiger partial charge on any atom is -0.344 e. The molecule has 1 aliphatic rings. The van der Waals surface area contributed by atoms with Crippen LogP contribution in [0.4, 0.5) is 4.39 Å². The summed E-state index contributed by atoms with van der Waals surface area (Å²) in [5.41, 5.74) is 0.793. The topological polar surface area (TPSA) is 79.4 Å². The third-order valence-corrected chi connectivity index (χ3v) is 8.86. The second-order valence-electron chi connectivity index (χ2n) is 7.30. The number of hydrogen-bond donors (Lipinski definition) is 1. The third kappa shape index (κ3) is 5.37.